The number of rotatable bonds is 7. The molecule has 0 fully saturated rings. The molecule has 0 spiro atoms. The van der Waals surface area contributed by atoms with Gasteiger partial charge in [0.15, 0.2) is 0 Å². The van der Waals surface area contributed by atoms with Crippen LogP contribution in [-0.4, -0.2) is 26.6 Å². The summed E-state index contributed by atoms with van der Waals surface area (Å²) in [5, 5.41) is 3.03. The molecule has 156 valence electrons. The highest BCUT2D eigenvalue weighted by Gasteiger charge is 2.32. The van der Waals surface area contributed by atoms with Gasteiger partial charge in [-0.15, -0.1) is 0 Å². The lowest BCUT2D eigenvalue weighted by Gasteiger charge is -2.31. The van der Waals surface area contributed by atoms with Crippen LogP contribution in [0.4, 0.5) is 5.69 Å². The summed E-state index contributed by atoms with van der Waals surface area (Å²) in [5.74, 6) is -0.285. The van der Waals surface area contributed by atoms with E-state index in [1.54, 1.807) is 18.2 Å². The minimum Gasteiger partial charge on any atom is -0.348 e. The maximum Gasteiger partial charge on any atom is 0.244 e. The lowest BCUT2D eigenvalue weighted by molar-refractivity contribution is -0.122. The zero-order valence-corrected chi connectivity index (χ0v) is 18.4. The van der Waals surface area contributed by atoms with E-state index in [0.717, 1.165) is 30.2 Å². The van der Waals surface area contributed by atoms with E-state index in [0.29, 0.717) is 12.1 Å². The van der Waals surface area contributed by atoms with Crippen molar-refractivity contribution >= 4 is 21.6 Å². The predicted octanol–water partition coefficient (Wildman–Crippen LogP) is 3.91. The van der Waals surface area contributed by atoms with E-state index in [-0.39, 0.29) is 11.9 Å². The molecule has 0 saturated heterocycles. The highest BCUT2D eigenvalue weighted by Crippen LogP contribution is 2.27. The van der Waals surface area contributed by atoms with Gasteiger partial charge in [0.05, 0.1) is 18.0 Å². The summed E-state index contributed by atoms with van der Waals surface area (Å²) in [7, 11) is -3.63. The first kappa shape index (κ1) is 21.4. The number of sulfonamides is 1. The van der Waals surface area contributed by atoms with E-state index in [1.807, 2.05) is 26.8 Å². The van der Waals surface area contributed by atoms with Crippen molar-refractivity contribution in [2.45, 2.75) is 58.5 Å². The molecule has 2 aromatic carbocycles. The summed E-state index contributed by atoms with van der Waals surface area (Å²) < 4.78 is 26.4. The molecule has 0 unspecified atom stereocenters. The number of fused-ring (bicyclic) bond motifs is 1. The van der Waals surface area contributed by atoms with Gasteiger partial charge in [-0.25, -0.2) is 8.42 Å². The molecule has 1 N–H and O–H groups in total. The van der Waals surface area contributed by atoms with Crippen molar-refractivity contribution in [3.63, 3.8) is 0 Å². The molecule has 0 radical (unpaired) electrons. The predicted molar refractivity (Wildman–Crippen MR) is 118 cm³/mol. The van der Waals surface area contributed by atoms with Crippen LogP contribution in [-0.2, 0) is 27.7 Å². The maximum atomic E-state index is 13.1. The highest BCUT2D eigenvalue weighted by atomic mass is 32.2. The summed E-state index contributed by atoms with van der Waals surface area (Å²) in [4.78, 5) is 13.1. The molecule has 0 aromatic heterocycles. The topological polar surface area (TPSA) is 66.5 Å². The van der Waals surface area contributed by atoms with E-state index >= 15 is 0 Å². The fourth-order valence-corrected chi connectivity index (χ4v) is 5.28. The fraction of sp³-hybridized carbons (Fsp3) is 0.435. The molecule has 0 heterocycles. The third-order valence-electron chi connectivity index (χ3n) is 5.57. The van der Waals surface area contributed by atoms with Gasteiger partial charge < -0.3 is 5.32 Å². The molecule has 2 aromatic rings. The Kier molecular flexibility index (Phi) is 6.32. The SMILES string of the molecule is CC[C@@H](C(=O)N[C@@H](C)c1ccc2c(c1)CCC2)N(c1cccc(C)c1)S(C)(=O)=O. The van der Waals surface area contributed by atoms with Gasteiger partial charge in [0.1, 0.15) is 6.04 Å². The number of hydrogen-bond donors (Lipinski definition) is 1. The number of carbonyl (C=O) groups is 1. The van der Waals surface area contributed by atoms with Crippen LogP contribution in [0, 0.1) is 6.92 Å². The molecule has 1 aliphatic rings. The molecule has 2 atom stereocenters. The zero-order chi connectivity index (χ0) is 21.2. The lowest BCUT2D eigenvalue weighted by atomic mass is 10.0. The van der Waals surface area contributed by atoms with Crippen molar-refractivity contribution in [3.05, 3.63) is 64.7 Å². The first-order valence-electron chi connectivity index (χ1n) is 10.2. The first-order chi connectivity index (χ1) is 13.7. The number of amides is 1. The number of aryl methyl sites for hydroxylation is 3. The van der Waals surface area contributed by atoms with Gasteiger partial charge in [-0.05, 0) is 73.9 Å². The molecule has 3 rings (SSSR count). The number of anilines is 1. The number of nitrogens with one attached hydrogen (secondary N) is 1. The molecule has 29 heavy (non-hydrogen) atoms. The zero-order valence-electron chi connectivity index (χ0n) is 17.6. The van der Waals surface area contributed by atoms with Crippen LogP contribution in [0.5, 0.6) is 0 Å². The van der Waals surface area contributed by atoms with Crippen LogP contribution in [0.3, 0.4) is 0 Å². The maximum absolute atomic E-state index is 13.1. The fourth-order valence-electron chi connectivity index (χ4n) is 4.08. The standard InChI is InChI=1S/C23H30N2O3S/c1-5-22(25(29(4,27)28)21-11-6-8-16(2)14-21)23(26)24-17(3)19-13-12-18-9-7-10-20(18)15-19/h6,8,11-15,17,22H,5,7,9-10H2,1-4H3,(H,24,26)/t17-,22-/m0/s1. The van der Waals surface area contributed by atoms with Gasteiger partial charge >= 0.3 is 0 Å². The van der Waals surface area contributed by atoms with Crippen LogP contribution in [0.2, 0.25) is 0 Å². The van der Waals surface area contributed by atoms with E-state index in [2.05, 4.69) is 23.5 Å². The molecule has 6 heteroatoms. The molecule has 1 aliphatic carbocycles. The van der Waals surface area contributed by atoms with Gasteiger partial charge in [0, 0.05) is 0 Å². The van der Waals surface area contributed by atoms with E-state index < -0.39 is 16.1 Å². The Hall–Kier alpha value is -2.34. The van der Waals surface area contributed by atoms with Gasteiger partial charge in [-0.1, -0.05) is 37.3 Å². The number of nitrogens with zero attached hydrogens (tertiary/aromatic N) is 1. The van der Waals surface area contributed by atoms with E-state index in [9.17, 15) is 13.2 Å². The van der Waals surface area contributed by atoms with Gasteiger partial charge in [-0.3, -0.25) is 9.10 Å². The summed E-state index contributed by atoms with van der Waals surface area (Å²) in [6, 6.07) is 12.6. The second kappa shape index (κ2) is 8.57. The van der Waals surface area contributed by atoms with Gasteiger partial charge in [-0.2, -0.15) is 0 Å². The Balaban J connectivity index is 1.84. The average Bonchev–Trinajstić information content (AvgIpc) is 3.12. The molecule has 1 amide bonds. The normalized spacial score (nSPS) is 15.4. The van der Waals surface area contributed by atoms with Crippen molar-refractivity contribution < 1.29 is 13.2 Å². The molecule has 0 bridgehead atoms. The van der Waals surface area contributed by atoms with Crippen molar-refractivity contribution in [1.82, 2.24) is 5.32 Å². The molecule has 0 saturated carbocycles. The van der Waals surface area contributed by atoms with Crippen molar-refractivity contribution in [2.75, 3.05) is 10.6 Å². The van der Waals surface area contributed by atoms with Crippen LogP contribution in [0.15, 0.2) is 42.5 Å². The third kappa shape index (κ3) is 4.81. The smallest absolute Gasteiger partial charge is 0.244 e. The molecular formula is C23H30N2O3S. The third-order valence-corrected chi connectivity index (χ3v) is 6.75. The summed E-state index contributed by atoms with van der Waals surface area (Å²) in [5.41, 5.74) is 5.25. The Morgan fingerprint density at radius 3 is 2.52 bits per heavy atom. The van der Waals surface area contributed by atoms with E-state index in [1.165, 1.54) is 21.9 Å². The minimum absolute atomic E-state index is 0.193. The number of hydrogen-bond acceptors (Lipinski definition) is 3. The Morgan fingerprint density at radius 2 is 1.86 bits per heavy atom. The van der Waals surface area contributed by atoms with Crippen molar-refractivity contribution in [2.24, 2.45) is 0 Å². The molecule has 0 aliphatic heterocycles. The van der Waals surface area contributed by atoms with Crippen molar-refractivity contribution in [1.29, 1.82) is 0 Å². The number of benzene rings is 2. The Labute approximate surface area is 174 Å². The highest BCUT2D eigenvalue weighted by molar-refractivity contribution is 7.92. The van der Waals surface area contributed by atoms with Gasteiger partial charge in [0.25, 0.3) is 0 Å². The van der Waals surface area contributed by atoms with Gasteiger partial charge in [0.2, 0.25) is 15.9 Å². The van der Waals surface area contributed by atoms with Crippen LogP contribution in [0.25, 0.3) is 0 Å². The summed E-state index contributed by atoms with van der Waals surface area (Å²) in [6.07, 6.45) is 4.90. The van der Waals surface area contributed by atoms with Crippen LogP contribution >= 0.6 is 0 Å². The first-order valence-corrected chi connectivity index (χ1v) is 12.0. The Bertz CT molecular complexity index is 1000. The van der Waals surface area contributed by atoms with Crippen molar-refractivity contribution in [3.8, 4) is 0 Å². The average molecular weight is 415 g/mol. The van der Waals surface area contributed by atoms with Crippen LogP contribution < -0.4 is 9.62 Å². The Morgan fingerprint density at radius 1 is 1.14 bits per heavy atom. The largest absolute Gasteiger partial charge is 0.348 e. The minimum atomic E-state index is -3.63. The summed E-state index contributed by atoms with van der Waals surface area (Å²) >= 11 is 0. The summed E-state index contributed by atoms with van der Waals surface area (Å²) in [6.45, 7) is 5.68. The monoisotopic (exact) mass is 414 g/mol. The number of carbonyl (C=O) groups excluding carboxylic acids is 1. The van der Waals surface area contributed by atoms with Crippen LogP contribution in [0.1, 0.15) is 55.0 Å². The second-order valence-electron chi connectivity index (χ2n) is 7.93. The quantitative estimate of drug-likeness (QED) is 0.747. The molecule has 5 nitrogen and oxygen atoms in total. The second-order valence-corrected chi connectivity index (χ2v) is 9.79. The lowest BCUT2D eigenvalue weighted by Crippen LogP contribution is -2.49. The molecular weight excluding hydrogens is 384 g/mol. The van der Waals surface area contributed by atoms with E-state index in [4.69, 9.17) is 0 Å².